The molecule has 1 unspecified atom stereocenters. The highest BCUT2D eigenvalue weighted by atomic mass is 16.8. The summed E-state index contributed by atoms with van der Waals surface area (Å²) in [6.45, 7) is 6.61. The maximum absolute atomic E-state index is 11.1. The molecule has 13 heavy (non-hydrogen) atoms. The largest absolute Gasteiger partial charge is 0.432 e. The summed E-state index contributed by atoms with van der Waals surface area (Å²) < 4.78 is 10.1. The van der Waals surface area contributed by atoms with Gasteiger partial charge in [0.2, 0.25) is 5.79 Å². The van der Waals surface area contributed by atoms with Crippen LogP contribution in [0.2, 0.25) is 0 Å². The lowest BCUT2D eigenvalue weighted by Gasteiger charge is -2.14. The Morgan fingerprint density at radius 3 is 2.69 bits per heavy atom. The normalized spacial score (nSPS) is 25.4. The van der Waals surface area contributed by atoms with Crippen LogP contribution in [0, 0.1) is 4.91 Å². The van der Waals surface area contributed by atoms with Crippen molar-refractivity contribution in [1.29, 1.82) is 0 Å². The summed E-state index contributed by atoms with van der Waals surface area (Å²) in [5.74, 6) is -1.39. The van der Waals surface area contributed by atoms with Crippen molar-refractivity contribution in [2.45, 2.75) is 32.2 Å². The zero-order valence-electron chi connectivity index (χ0n) is 7.57. The molecule has 1 saturated heterocycles. The molecule has 0 N–H and O–H groups in total. The molecule has 1 heterocycles. The van der Waals surface area contributed by atoms with E-state index < -0.39 is 17.9 Å². The lowest BCUT2D eigenvalue weighted by molar-refractivity contribution is -0.160. The highest BCUT2D eigenvalue weighted by Gasteiger charge is 2.41. The SMILES string of the molecule is C=C(CC1OC(C)(C)OC1=O)N=O. The van der Waals surface area contributed by atoms with E-state index in [2.05, 4.69) is 11.8 Å². The molecular weight excluding hydrogens is 174 g/mol. The number of rotatable bonds is 3. The van der Waals surface area contributed by atoms with Crippen molar-refractivity contribution in [3.8, 4) is 0 Å². The first-order valence-corrected chi connectivity index (χ1v) is 3.86. The topological polar surface area (TPSA) is 65.0 Å². The molecule has 0 aromatic rings. The fourth-order valence-corrected chi connectivity index (χ4v) is 1.10. The van der Waals surface area contributed by atoms with E-state index in [0.717, 1.165) is 0 Å². The van der Waals surface area contributed by atoms with Gasteiger partial charge in [0, 0.05) is 20.3 Å². The van der Waals surface area contributed by atoms with Crippen molar-refractivity contribution in [3.63, 3.8) is 0 Å². The first-order chi connectivity index (χ1) is 5.94. The summed E-state index contributed by atoms with van der Waals surface area (Å²) in [5.41, 5.74) is 0.0830. The molecule has 0 aromatic heterocycles. The molecule has 0 amide bonds. The monoisotopic (exact) mass is 185 g/mol. The fourth-order valence-electron chi connectivity index (χ4n) is 1.10. The zero-order valence-corrected chi connectivity index (χ0v) is 7.57. The van der Waals surface area contributed by atoms with Crippen LogP contribution >= 0.6 is 0 Å². The van der Waals surface area contributed by atoms with Crippen LogP contribution in [0.1, 0.15) is 20.3 Å². The first kappa shape index (κ1) is 9.85. The summed E-state index contributed by atoms with van der Waals surface area (Å²) in [4.78, 5) is 21.1. The summed E-state index contributed by atoms with van der Waals surface area (Å²) in [6, 6.07) is 0. The summed E-state index contributed by atoms with van der Waals surface area (Å²) in [5, 5.41) is 2.60. The molecular formula is C8H11NO4. The third kappa shape index (κ3) is 2.35. The minimum atomic E-state index is -0.912. The average Bonchev–Trinajstić information content (AvgIpc) is 2.24. The Hall–Kier alpha value is -1.23. The number of cyclic esters (lactones) is 1. The quantitative estimate of drug-likeness (QED) is 0.491. The number of carbonyl (C=O) groups excluding carboxylic acids is 1. The van der Waals surface area contributed by atoms with Gasteiger partial charge >= 0.3 is 5.97 Å². The van der Waals surface area contributed by atoms with Crippen molar-refractivity contribution >= 4 is 5.97 Å². The van der Waals surface area contributed by atoms with E-state index in [1.807, 2.05) is 0 Å². The number of esters is 1. The molecule has 0 aromatic carbocycles. The smallest absolute Gasteiger partial charge is 0.338 e. The molecule has 72 valence electrons. The Bertz CT molecular complexity index is 259. The van der Waals surface area contributed by atoms with Crippen LogP contribution in [0.4, 0.5) is 0 Å². The van der Waals surface area contributed by atoms with Gasteiger partial charge in [0.1, 0.15) is 0 Å². The van der Waals surface area contributed by atoms with E-state index in [0.29, 0.717) is 0 Å². The highest BCUT2D eigenvalue weighted by Crippen LogP contribution is 2.26. The minimum absolute atomic E-state index is 0.0830. The van der Waals surface area contributed by atoms with Crippen molar-refractivity contribution in [2.75, 3.05) is 0 Å². The van der Waals surface area contributed by atoms with Crippen LogP contribution in [0.3, 0.4) is 0 Å². The number of ether oxygens (including phenoxy) is 2. The number of hydrogen-bond donors (Lipinski definition) is 0. The molecule has 0 spiro atoms. The number of nitrogens with zero attached hydrogens (tertiary/aromatic N) is 1. The van der Waals surface area contributed by atoms with Crippen molar-refractivity contribution in [1.82, 2.24) is 0 Å². The third-order valence-corrected chi connectivity index (χ3v) is 1.59. The molecule has 0 aliphatic carbocycles. The van der Waals surface area contributed by atoms with Crippen LogP contribution in [0.25, 0.3) is 0 Å². The standard InChI is InChI=1S/C8H11NO4/c1-5(9-11)4-6-7(10)13-8(2,3)12-6/h6H,1,4H2,2-3H3. The molecule has 1 rings (SSSR count). The van der Waals surface area contributed by atoms with Crippen molar-refractivity contribution in [3.05, 3.63) is 17.2 Å². The summed E-state index contributed by atoms with van der Waals surface area (Å²) >= 11 is 0. The van der Waals surface area contributed by atoms with Gasteiger partial charge in [-0.05, 0) is 5.18 Å². The Labute approximate surface area is 75.7 Å². The van der Waals surface area contributed by atoms with Gasteiger partial charge in [-0.3, -0.25) is 0 Å². The number of hydrogen-bond acceptors (Lipinski definition) is 5. The van der Waals surface area contributed by atoms with Gasteiger partial charge in [-0.15, -0.1) is 4.91 Å². The third-order valence-electron chi connectivity index (χ3n) is 1.59. The van der Waals surface area contributed by atoms with Gasteiger partial charge in [-0.25, -0.2) is 4.79 Å². The van der Waals surface area contributed by atoms with Gasteiger partial charge in [-0.1, -0.05) is 6.58 Å². The fraction of sp³-hybridized carbons (Fsp3) is 0.625. The summed E-state index contributed by atoms with van der Waals surface area (Å²) in [6.07, 6.45) is -0.661. The first-order valence-electron chi connectivity index (χ1n) is 3.86. The van der Waals surface area contributed by atoms with E-state index in [4.69, 9.17) is 9.47 Å². The lowest BCUT2D eigenvalue weighted by Crippen LogP contribution is -2.21. The van der Waals surface area contributed by atoms with Gasteiger partial charge in [0.25, 0.3) is 0 Å². The summed E-state index contributed by atoms with van der Waals surface area (Å²) in [7, 11) is 0. The van der Waals surface area contributed by atoms with Gasteiger partial charge in [0.15, 0.2) is 6.10 Å². The minimum Gasteiger partial charge on any atom is -0.432 e. The Morgan fingerprint density at radius 1 is 1.69 bits per heavy atom. The molecule has 0 radical (unpaired) electrons. The Kier molecular flexibility index (Phi) is 2.47. The molecule has 1 atom stereocenters. The second-order valence-corrected chi connectivity index (χ2v) is 3.29. The molecule has 1 fully saturated rings. The van der Waals surface area contributed by atoms with Gasteiger partial charge in [0.05, 0.1) is 5.70 Å². The van der Waals surface area contributed by atoms with Gasteiger partial charge < -0.3 is 9.47 Å². The van der Waals surface area contributed by atoms with Crippen molar-refractivity contribution < 1.29 is 14.3 Å². The molecule has 1 aliphatic heterocycles. The number of nitroso groups, excluding NO2 is 1. The maximum atomic E-state index is 11.1. The van der Waals surface area contributed by atoms with E-state index in [1.54, 1.807) is 13.8 Å². The van der Waals surface area contributed by atoms with Crippen LogP contribution in [-0.2, 0) is 14.3 Å². The van der Waals surface area contributed by atoms with Crippen LogP contribution in [0.15, 0.2) is 17.5 Å². The molecule has 1 aliphatic rings. The van der Waals surface area contributed by atoms with E-state index in [9.17, 15) is 9.70 Å². The van der Waals surface area contributed by atoms with Crippen LogP contribution in [-0.4, -0.2) is 17.9 Å². The second kappa shape index (κ2) is 3.26. The second-order valence-electron chi connectivity index (χ2n) is 3.29. The molecule has 0 saturated carbocycles. The predicted molar refractivity (Wildman–Crippen MR) is 44.6 cm³/mol. The van der Waals surface area contributed by atoms with Crippen LogP contribution < -0.4 is 0 Å². The van der Waals surface area contributed by atoms with E-state index in [1.165, 1.54) is 0 Å². The Morgan fingerprint density at radius 2 is 2.31 bits per heavy atom. The van der Waals surface area contributed by atoms with Gasteiger partial charge in [-0.2, -0.15) is 0 Å². The average molecular weight is 185 g/mol. The predicted octanol–water partition coefficient (Wildman–Crippen LogP) is 1.33. The maximum Gasteiger partial charge on any atom is 0.338 e. The van der Waals surface area contributed by atoms with Crippen molar-refractivity contribution in [2.24, 2.45) is 5.18 Å². The Balaban J connectivity index is 2.58. The molecule has 5 nitrogen and oxygen atoms in total. The zero-order chi connectivity index (χ0) is 10.1. The molecule has 5 heteroatoms. The van der Waals surface area contributed by atoms with E-state index in [-0.39, 0.29) is 12.1 Å². The van der Waals surface area contributed by atoms with Crippen LogP contribution in [0.5, 0.6) is 0 Å². The lowest BCUT2D eigenvalue weighted by atomic mass is 10.2. The van der Waals surface area contributed by atoms with E-state index >= 15 is 0 Å². The highest BCUT2D eigenvalue weighted by molar-refractivity contribution is 5.76. The molecule has 0 bridgehead atoms. The number of carbonyl (C=O) groups is 1.